The number of carboxylic acids is 1. The average Bonchev–Trinajstić information content (AvgIpc) is 2.65. The zero-order chi connectivity index (χ0) is 19.8. The van der Waals surface area contributed by atoms with E-state index in [1.807, 2.05) is 36.4 Å². The molecule has 7 heteroatoms. The fraction of sp³-hybridized carbons (Fsp3) is 0.250. The lowest BCUT2D eigenvalue weighted by atomic mass is 10.1. The summed E-state index contributed by atoms with van der Waals surface area (Å²) in [7, 11) is 0. The van der Waals surface area contributed by atoms with Crippen LogP contribution in [0.2, 0.25) is 0 Å². The number of amides is 2. The van der Waals surface area contributed by atoms with Crippen LogP contribution < -0.4 is 10.6 Å². The van der Waals surface area contributed by atoms with Crippen molar-refractivity contribution in [3.63, 3.8) is 0 Å². The van der Waals surface area contributed by atoms with Crippen molar-refractivity contribution in [3.8, 4) is 0 Å². The van der Waals surface area contributed by atoms with E-state index in [1.165, 1.54) is 18.7 Å². The molecule has 0 aliphatic rings. The van der Waals surface area contributed by atoms with Crippen molar-refractivity contribution in [3.05, 3.63) is 60.2 Å². The highest BCUT2D eigenvalue weighted by atomic mass is 16.4. The first-order valence-corrected chi connectivity index (χ1v) is 8.59. The minimum Gasteiger partial charge on any atom is -0.480 e. The highest BCUT2D eigenvalue weighted by Gasteiger charge is 2.26. The summed E-state index contributed by atoms with van der Waals surface area (Å²) in [5.41, 5.74) is 1.97. The van der Waals surface area contributed by atoms with Gasteiger partial charge in [0, 0.05) is 37.0 Å². The Balaban J connectivity index is 2.19. The van der Waals surface area contributed by atoms with Gasteiger partial charge in [-0.1, -0.05) is 24.3 Å². The highest BCUT2D eigenvalue weighted by molar-refractivity contribution is 5.97. The molecule has 0 saturated carbocycles. The second kappa shape index (κ2) is 9.38. The molecule has 142 valence electrons. The molecule has 0 spiro atoms. The van der Waals surface area contributed by atoms with E-state index in [0.717, 1.165) is 11.4 Å². The van der Waals surface area contributed by atoms with Crippen LogP contribution in [0.15, 0.2) is 54.6 Å². The third-order valence-corrected chi connectivity index (χ3v) is 3.98. The number of para-hydroxylation sites is 1. The van der Waals surface area contributed by atoms with Crippen molar-refractivity contribution in [1.29, 1.82) is 0 Å². The number of hydrogen-bond acceptors (Lipinski definition) is 4. The Kier molecular flexibility index (Phi) is 6.93. The van der Waals surface area contributed by atoms with Gasteiger partial charge in [-0.25, -0.2) is 4.79 Å². The third kappa shape index (κ3) is 5.85. The number of nitrogens with one attached hydrogen (secondary N) is 2. The van der Waals surface area contributed by atoms with E-state index in [4.69, 9.17) is 0 Å². The molecule has 0 aliphatic heterocycles. The molecule has 0 aromatic heterocycles. The van der Waals surface area contributed by atoms with Gasteiger partial charge in [-0.3, -0.25) is 9.59 Å². The molecule has 0 bridgehead atoms. The lowest BCUT2D eigenvalue weighted by Gasteiger charge is -2.27. The molecule has 0 heterocycles. The van der Waals surface area contributed by atoms with Gasteiger partial charge in [0.2, 0.25) is 5.91 Å². The van der Waals surface area contributed by atoms with Crippen molar-refractivity contribution in [2.45, 2.75) is 19.9 Å². The van der Waals surface area contributed by atoms with Gasteiger partial charge in [0.1, 0.15) is 6.04 Å². The molecule has 2 rings (SSSR count). The lowest BCUT2D eigenvalue weighted by molar-refractivity contribution is -0.141. The smallest absolute Gasteiger partial charge is 0.326 e. The Hall–Kier alpha value is -3.35. The summed E-state index contributed by atoms with van der Waals surface area (Å²) in [5.74, 6) is -1.75. The molecular formula is C20H23N3O4. The number of rotatable bonds is 8. The van der Waals surface area contributed by atoms with Gasteiger partial charge in [-0.05, 0) is 37.3 Å². The van der Waals surface area contributed by atoms with Crippen molar-refractivity contribution in [2.75, 3.05) is 18.4 Å². The summed E-state index contributed by atoms with van der Waals surface area (Å²) in [6.45, 7) is 3.09. The maximum atomic E-state index is 12.9. The average molecular weight is 369 g/mol. The first kappa shape index (κ1) is 20.0. The van der Waals surface area contributed by atoms with Crippen LogP contribution in [0.25, 0.3) is 0 Å². The van der Waals surface area contributed by atoms with Gasteiger partial charge in [0.15, 0.2) is 0 Å². The minimum absolute atomic E-state index is 0.0994. The van der Waals surface area contributed by atoms with E-state index in [1.54, 1.807) is 18.2 Å². The van der Waals surface area contributed by atoms with Crippen LogP contribution in [0.3, 0.4) is 0 Å². The molecule has 2 aromatic rings. The summed E-state index contributed by atoms with van der Waals surface area (Å²) < 4.78 is 0. The quantitative estimate of drug-likeness (QED) is 0.664. The number of nitrogens with zero attached hydrogens (tertiary/aromatic N) is 1. The number of anilines is 2. The summed E-state index contributed by atoms with van der Waals surface area (Å²) in [4.78, 5) is 36.6. The Morgan fingerprint density at radius 2 is 1.70 bits per heavy atom. The van der Waals surface area contributed by atoms with Gasteiger partial charge in [-0.2, -0.15) is 0 Å². The zero-order valence-electron chi connectivity index (χ0n) is 15.3. The molecular weight excluding hydrogens is 346 g/mol. The Bertz CT molecular complexity index is 808. The maximum Gasteiger partial charge on any atom is 0.326 e. The molecule has 0 aliphatic carbocycles. The Morgan fingerprint density at radius 1 is 1.04 bits per heavy atom. The van der Waals surface area contributed by atoms with E-state index in [0.29, 0.717) is 5.56 Å². The zero-order valence-corrected chi connectivity index (χ0v) is 15.3. The van der Waals surface area contributed by atoms with Gasteiger partial charge >= 0.3 is 5.97 Å². The molecule has 1 atom stereocenters. The van der Waals surface area contributed by atoms with Gasteiger partial charge in [-0.15, -0.1) is 0 Å². The number of hydrogen-bond donors (Lipinski definition) is 3. The van der Waals surface area contributed by atoms with Gasteiger partial charge in [0.25, 0.3) is 5.91 Å². The normalized spacial score (nSPS) is 11.3. The molecule has 0 radical (unpaired) electrons. The maximum absolute atomic E-state index is 12.9. The fourth-order valence-electron chi connectivity index (χ4n) is 2.54. The van der Waals surface area contributed by atoms with E-state index in [2.05, 4.69) is 10.6 Å². The fourth-order valence-corrected chi connectivity index (χ4v) is 2.54. The number of benzene rings is 2. The molecule has 1 unspecified atom stereocenters. The first-order valence-electron chi connectivity index (χ1n) is 8.59. The van der Waals surface area contributed by atoms with Crippen LogP contribution >= 0.6 is 0 Å². The summed E-state index contributed by atoms with van der Waals surface area (Å²) in [6, 6.07) is 15.4. The minimum atomic E-state index is -1.11. The van der Waals surface area contributed by atoms with E-state index >= 15 is 0 Å². The molecule has 0 saturated heterocycles. The third-order valence-electron chi connectivity index (χ3n) is 3.98. The van der Waals surface area contributed by atoms with Crippen molar-refractivity contribution in [2.24, 2.45) is 0 Å². The van der Waals surface area contributed by atoms with Crippen LogP contribution in [0.1, 0.15) is 24.2 Å². The predicted molar refractivity (Wildman–Crippen MR) is 103 cm³/mol. The molecule has 2 amide bonds. The first-order chi connectivity index (χ1) is 12.9. The van der Waals surface area contributed by atoms with Crippen LogP contribution in [-0.4, -0.2) is 46.9 Å². The standard InChI is InChI=1S/C20H23N3O4/c1-14(20(26)27)23(12-11-21-15(2)24)19(25)16-7-6-10-18(13-16)22-17-8-4-3-5-9-17/h3-10,13-14,22H,11-12H2,1-2H3,(H,21,24)(H,26,27). The van der Waals surface area contributed by atoms with E-state index in [-0.39, 0.29) is 19.0 Å². The number of carbonyl (C=O) groups is 3. The second-order valence-corrected chi connectivity index (χ2v) is 6.07. The van der Waals surface area contributed by atoms with Crippen LogP contribution in [0, 0.1) is 0 Å². The van der Waals surface area contributed by atoms with Crippen LogP contribution in [0.5, 0.6) is 0 Å². The Morgan fingerprint density at radius 3 is 2.33 bits per heavy atom. The number of carbonyl (C=O) groups excluding carboxylic acids is 2. The highest BCUT2D eigenvalue weighted by Crippen LogP contribution is 2.19. The van der Waals surface area contributed by atoms with Crippen molar-refractivity contribution in [1.82, 2.24) is 10.2 Å². The summed E-state index contributed by atoms with van der Waals surface area (Å²) >= 11 is 0. The Labute approximate surface area is 158 Å². The van der Waals surface area contributed by atoms with Crippen molar-refractivity contribution < 1.29 is 19.5 Å². The second-order valence-electron chi connectivity index (χ2n) is 6.07. The molecule has 0 fully saturated rings. The summed E-state index contributed by atoms with van der Waals surface area (Å²) in [6.07, 6.45) is 0. The molecule has 3 N–H and O–H groups in total. The molecule has 7 nitrogen and oxygen atoms in total. The molecule has 27 heavy (non-hydrogen) atoms. The van der Waals surface area contributed by atoms with Crippen molar-refractivity contribution >= 4 is 29.2 Å². The monoisotopic (exact) mass is 369 g/mol. The number of aliphatic carboxylic acids is 1. The SMILES string of the molecule is CC(=O)NCCN(C(=O)c1cccc(Nc2ccccc2)c1)C(C)C(=O)O. The topological polar surface area (TPSA) is 98.7 Å². The molecule has 2 aromatic carbocycles. The van der Waals surface area contributed by atoms with Crippen LogP contribution in [0.4, 0.5) is 11.4 Å². The van der Waals surface area contributed by atoms with Gasteiger partial charge in [0.05, 0.1) is 0 Å². The van der Waals surface area contributed by atoms with E-state index < -0.39 is 17.9 Å². The predicted octanol–water partition coefficient (Wildman–Crippen LogP) is 2.48. The summed E-state index contributed by atoms with van der Waals surface area (Å²) in [5, 5.41) is 15.1. The van der Waals surface area contributed by atoms with E-state index in [9.17, 15) is 19.5 Å². The van der Waals surface area contributed by atoms with Crippen LogP contribution in [-0.2, 0) is 9.59 Å². The number of carboxylic acid groups (broad SMARTS) is 1. The largest absolute Gasteiger partial charge is 0.480 e. The van der Waals surface area contributed by atoms with Gasteiger partial charge < -0.3 is 20.6 Å². The lowest BCUT2D eigenvalue weighted by Crippen LogP contribution is -2.46.